The molecule has 1 heterocycles. The lowest BCUT2D eigenvalue weighted by molar-refractivity contribution is 0.138. The van der Waals surface area contributed by atoms with E-state index in [0.717, 1.165) is 49.8 Å². The van der Waals surface area contributed by atoms with Crippen LogP contribution in [-0.2, 0) is 11.3 Å². The molecular weight excluding hydrogens is 479 g/mol. The van der Waals surface area contributed by atoms with Crippen LogP contribution in [0.25, 0.3) is 0 Å². The number of aromatic nitrogens is 1. The fraction of sp³-hybridized carbons (Fsp3) is 0.727. The molecule has 2 aliphatic rings. The standard InChI is InChI=1S/C22H36N4O2.HI/c1-23-21(26-17-22(12-14-27-2)10-5-6-11-22)25-16-18-9-13-24-20(15-18)28-19-7-3-4-8-19;/h9,13,15,19H,3-8,10-12,14,16-17H2,1-2H3,(H2,23,25,26);1H. The number of nitrogens with zero attached hydrogens (tertiary/aromatic N) is 2. The molecule has 2 saturated carbocycles. The Morgan fingerprint density at radius 1 is 1.21 bits per heavy atom. The summed E-state index contributed by atoms with van der Waals surface area (Å²) in [4.78, 5) is 8.77. The molecule has 164 valence electrons. The van der Waals surface area contributed by atoms with E-state index < -0.39 is 0 Å². The van der Waals surface area contributed by atoms with Gasteiger partial charge in [0.2, 0.25) is 5.88 Å². The Bertz CT molecular complexity index is 629. The number of guanidine groups is 1. The Morgan fingerprint density at radius 3 is 2.66 bits per heavy atom. The van der Waals surface area contributed by atoms with Gasteiger partial charge in [0.1, 0.15) is 6.10 Å². The average Bonchev–Trinajstić information content (AvgIpc) is 3.40. The van der Waals surface area contributed by atoms with Crippen molar-refractivity contribution in [3.63, 3.8) is 0 Å². The normalized spacial score (nSPS) is 19.0. The Balaban J connectivity index is 0.00000300. The molecule has 1 aromatic rings. The predicted molar refractivity (Wildman–Crippen MR) is 128 cm³/mol. The summed E-state index contributed by atoms with van der Waals surface area (Å²) in [5.74, 6) is 1.58. The Labute approximate surface area is 192 Å². The third-order valence-electron chi connectivity index (χ3n) is 6.20. The summed E-state index contributed by atoms with van der Waals surface area (Å²) in [5.41, 5.74) is 1.49. The van der Waals surface area contributed by atoms with Crippen LogP contribution in [0.15, 0.2) is 23.3 Å². The highest BCUT2D eigenvalue weighted by Gasteiger charge is 2.33. The highest BCUT2D eigenvalue weighted by atomic mass is 127. The molecule has 29 heavy (non-hydrogen) atoms. The second-order valence-electron chi connectivity index (χ2n) is 8.26. The molecule has 0 saturated heterocycles. The number of halogens is 1. The molecular formula is C22H37IN4O2. The van der Waals surface area contributed by atoms with Crippen LogP contribution >= 0.6 is 24.0 Å². The van der Waals surface area contributed by atoms with Gasteiger partial charge in [0, 0.05) is 46.1 Å². The van der Waals surface area contributed by atoms with Crippen LogP contribution in [-0.4, -0.2) is 44.4 Å². The molecule has 2 fully saturated rings. The Hall–Kier alpha value is -1.09. The van der Waals surface area contributed by atoms with Crippen molar-refractivity contribution in [2.45, 2.75) is 70.4 Å². The second kappa shape index (κ2) is 12.6. The summed E-state index contributed by atoms with van der Waals surface area (Å²) in [6.07, 6.45) is 13.3. The molecule has 0 spiro atoms. The van der Waals surface area contributed by atoms with E-state index in [1.54, 1.807) is 7.11 Å². The van der Waals surface area contributed by atoms with Crippen molar-refractivity contribution >= 4 is 29.9 Å². The average molecular weight is 516 g/mol. The van der Waals surface area contributed by atoms with Crippen LogP contribution in [0.5, 0.6) is 5.88 Å². The van der Waals surface area contributed by atoms with Crippen LogP contribution in [0.3, 0.4) is 0 Å². The molecule has 3 rings (SSSR count). The maximum atomic E-state index is 6.02. The zero-order valence-corrected chi connectivity index (χ0v) is 20.2. The summed E-state index contributed by atoms with van der Waals surface area (Å²) in [6.45, 7) is 2.48. The molecule has 2 aliphatic carbocycles. The van der Waals surface area contributed by atoms with Crippen LogP contribution < -0.4 is 15.4 Å². The summed E-state index contributed by atoms with van der Waals surface area (Å²) in [6, 6.07) is 4.06. The summed E-state index contributed by atoms with van der Waals surface area (Å²) in [7, 11) is 3.61. The van der Waals surface area contributed by atoms with E-state index in [0.29, 0.717) is 18.1 Å². The van der Waals surface area contributed by atoms with Crippen molar-refractivity contribution in [1.82, 2.24) is 15.6 Å². The fourth-order valence-corrected chi connectivity index (χ4v) is 4.44. The highest BCUT2D eigenvalue weighted by Crippen LogP contribution is 2.40. The first-order chi connectivity index (χ1) is 13.7. The van der Waals surface area contributed by atoms with Gasteiger partial charge in [0.15, 0.2) is 5.96 Å². The van der Waals surface area contributed by atoms with Gasteiger partial charge in [-0.2, -0.15) is 0 Å². The monoisotopic (exact) mass is 516 g/mol. The van der Waals surface area contributed by atoms with Crippen LogP contribution in [0.1, 0.15) is 63.4 Å². The van der Waals surface area contributed by atoms with Gasteiger partial charge >= 0.3 is 0 Å². The van der Waals surface area contributed by atoms with Gasteiger partial charge in [-0.1, -0.05) is 12.8 Å². The van der Waals surface area contributed by atoms with E-state index in [9.17, 15) is 0 Å². The summed E-state index contributed by atoms with van der Waals surface area (Å²) in [5, 5.41) is 6.97. The minimum absolute atomic E-state index is 0. The fourth-order valence-electron chi connectivity index (χ4n) is 4.44. The lowest BCUT2D eigenvalue weighted by Gasteiger charge is -2.30. The van der Waals surface area contributed by atoms with Gasteiger partial charge in [-0.25, -0.2) is 4.98 Å². The van der Waals surface area contributed by atoms with Gasteiger partial charge in [-0.05, 0) is 62.0 Å². The predicted octanol–water partition coefficient (Wildman–Crippen LogP) is 4.28. The molecule has 0 atom stereocenters. The van der Waals surface area contributed by atoms with Gasteiger partial charge in [0.05, 0.1) is 0 Å². The van der Waals surface area contributed by atoms with Crippen LogP contribution in [0.2, 0.25) is 0 Å². The third kappa shape index (κ3) is 7.59. The SMILES string of the molecule is CN=C(NCc1ccnc(OC2CCCC2)c1)NCC1(CCOC)CCCC1.I. The van der Waals surface area contributed by atoms with Crippen molar-refractivity contribution in [3.05, 3.63) is 23.9 Å². The third-order valence-corrected chi connectivity index (χ3v) is 6.20. The minimum atomic E-state index is 0. The van der Waals surface area contributed by atoms with E-state index in [2.05, 4.69) is 20.6 Å². The molecule has 0 bridgehead atoms. The van der Waals surface area contributed by atoms with Gasteiger partial charge in [-0.3, -0.25) is 4.99 Å². The van der Waals surface area contributed by atoms with E-state index in [4.69, 9.17) is 9.47 Å². The Kier molecular flexibility index (Phi) is 10.5. The van der Waals surface area contributed by atoms with Crippen LogP contribution in [0.4, 0.5) is 0 Å². The number of ether oxygens (including phenoxy) is 2. The zero-order valence-electron chi connectivity index (χ0n) is 17.9. The molecule has 6 nitrogen and oxygen atoms in total. The lowest BCUT2D eigenvalue weighted by Crippen LogP contribution is -2.43. The van der Waals surface area contributed by atoms with Gasteiger partial charge in [0.25, 0.3) is 0 Å². The minimum Gasteiger partial charge on any atom is -0.474 e. The van der Waals surface area contributed by atoms with Crippen molar-refractivity contribution in [1.29, 1.82) is 0 Å². The number of pyridine rings is 1. The second-order valence-corrected chi connectivity index (χ2v) is 8.26. The van der Waals surface area contributed by atoms with Crippen molar-refractivity contribution in [3.8, 4) is 5.88 Å². The maximum Gasteiger partial charge on any atom is 0.213 e. The first-order valence-corrected chi connectivity index (χ1v) is 10.8. The first kappa shape index (κ1) is 24.2. The van der Waals surface area contributed by atoms with Gasteiger partial charge in [-0.15, -0.1) is 24.0 Å². The van der Waals surface area contributed by atoms with E-state index >= 15 is 0 Å². The number of hydrogen-bond donors (Lipinski definition) is 2. The van der Waals surface area contributed by atoms with Crippen molar-refractivity contribution < 1.29 is 9.47 Å². The van der Waals surface area contributed by atoms with E-state index in [-0.39, 0.29) is 24.0 Å². The molecule has 0 radical (unpaired) electrons. The molecule has 1 aromatic heterocycles. The number of nitrogens with one attached hydrogen (secondary N) is 2. The van der Waals surface area contributed by atoms with Crippen molar-refractivity contribution in [2.24, 2.45) is 10.4 Å². The van der Waals surface area contributed by atoms with Gasteiger partial charge < -0.3 is 20.1 Å². The molecule has 0 amide bonds. The quantitative estimate of drug-likeness (QED) is 0.291. The van der Waals surface area contributed by atoms with Crippen molar-refractivity contribution in [2.75, 3.05) is 27.3 Å². The molecule has 0 unspecified atom stereocenters. The maximum absolute atomic E-state index is 6.02. The summed E-state index contributed by atoms with van der Waals surface area (Å²) < 4.78 is 11.4. The smallest absolute Gasteiger partial charge is 0.213 e. The number of hydrogen-bond acceptors (Lipinski definition) is 4. The highest BCUT2D eigenvalue weighted by molar-refractivity contribution is 14.0. The number of aliphatic imine (C=N–C) groups is 1. The lowest BCUT2D eigenvalue weighted by atomic mass is 9.83. The molecule has 0 aliphatic heterocycles. The zero-order chi connectivity index (χ0) is 19.7. The largest absolute Gasteiger partial charge is 0.474 e. The molecule has 2 N–H and O–H groups in total. The van der Waals surface area contributed by atoms with E-state index in [1.165, 1.54) is 38.5 Å². The number of rotatable bonds is 9. The number of methoxy groups -OCH3 is 1. The topological polar surface area (TPSA) is 67.8 Å². The molecule has 0 aromatic carbocycles. The first-order valence-electron chi connectivity index (χ1n) is 10.8. The Morgan fingerprint density at radius 2 is 1.97 bits per heavy atom. The van der Waals surface area contributed by atoms with Crippen LogP contribution in [0, 0.1) is 5.41 Å². The van der Waals surface area contributed by atoms with E-state index in [1.807, 2.05) is 25.4 Å². The summed E-state index contributed by atoms with van der Waals surface area (Å²) >= 11 is 0. The molecule has 7 heteroatoms.